The molecule has 0 radical (unpaired) electrons. The number of likely N-dealkylation sites (tertiary alicyclic amines) is 1. The normalized spacial score (nSPS) is 28.0. The van der Waals surface area contributed by atoms with Gasteiger partial charge in [0.1, 0.15) is 5.60 Å². The minimum atomic E-state index is -0.938. The molecule has 106 valence electrons. The summed E-state index contributed by atoms with van der Waals surface area (Å²) in [5.74, 6) is 0.687. The second-order valence-corrected chi connectivity index (χ2v) is 5.93. The van der Waals surface area contributed by atoms with E-state index >= 15 is 0 Å². The van der Waals surface area contributed by atoms with Gasteiger partial charge in [-0.15, -0.1) is 0 Å². The highest BCUT2D eigenvalue weighted by molar-refractivity contribution is 5.23. The average Bonchev–Trinajstić information content (AvgIpc) is 2.45. The maximum absolute atomic E-state index is 10.9. The summed E-state index contributed by atoms with van der Waals surface area (Å²) in [6.45, 7) is 6.49. The van der Waals surface area contributed by atoms with Crippen LogP contribution in [0.15, 0.2) is 30.3 Å². The molecule has 0 spiro atoms. The predicted molar refractivity (Wildman–Crippen MR) is 78.8 cm³/mol. The quantitative estimate of drug-likeness (QED) is 0.872. The van der Waals surface area contributed by atoms with Crippen molar-refractivity contribution in [3.05, 3.63) is 35.9 Å². The highest BCUT2D eigenvalue weighted by Crippen LogP contribution is 2.28. The molecule has 1 fully saturated rings. The van der Waals surface area contributed by atoms with Crippen LogP contribution in [-0.2, 0) is 5.60 Å². The molecule has 3 unspecified atom stereocenters. The second-order valence-electron chi connectivity index (χ2n) is 5.93. The summed E-state index contributed by atoms with van der Waals surface area (Å²) in [6.07, 6.45) is 2.49. The van der Waals surface area contributed by atoms with Crippen molar-refractivity contribution in [2.75, 3.05) is 19.6 Å². The molecule has 1 aliphatic heterocycles. The van der Waals surface area contributed by atoms with Crippen LogP contribution in [0.1, 0.15) is 32.3 Å². The number of benzene rings is 1. The van der Waals surface area contributed by atoms with Crippen molar-refractivity contribution in [1.82, 2.24) is 4.90 Å². The maximum Gasteiger partial charge on any atom is 0.114 e. The monoisotopic (exact) mass is 262 g/mol. The van der Waals surface area contributed by atoms with E-state index in [9.17, 15) is 5.11 Å². The topological polar surface area (TPSA) is 49.5 Å². The molecule has 0 saturated carbocycles. The summed E-state index contributed by atoms with van der Waals surface area (Å²) in [6, 6.07) is 10.3. The zero-order valence-electron chi connectivity index (χ0n) is 12.0. The number of aliphatic hydroxyl groups is 1. The molecular weight excluding hydrogens is 236 g/mol. The van der Waals surface area contributed by atoms with Crippen molar-refractivity contribution < 1.29 is 5.11 Å². The van der Waals surface area contributed by atoms with Crippen LogP contribution in [0.2, 0.25) is 0 Å². The van der Waals surface area contributed by atoms with Gasteiger partial charge in [-0.3, -0.25) is 4.90 Å². The molecule has 1 aromatic carbocycles. The Kier molecular flexibility index (Phi) is 4.61. The van der Waals surface area contributed by atoms with Gasteiger partial charge >= 0.3 is 0 Å². The van der Waals surface area contributed by atoms with E-state index < -0.39 is 5.60 Å². The fraction of sp³-hybridized carbons (Fsp3) is 0.625. The summed E-state index contributed by atoms with van der Waals surface area (Å²) < 4.78 is 0. The lowest BCUT2D eigenvalue weighted by atomic mass is 9.88. The van der Waals surface area contributed by atoms with Gasteiger partial charge in [-0.1, -0.05) is 37.3 Å². The molecular formula is C16H26N2O. The van der Waals surface area contributed by atoms with Gasteiger partial charge in [0.15, 0.2) is 0 Å². The van der Waals surface area contributed by atoms with E-state index in [4.69, 9.17) is 5.73 Å². The Morgan fingerprint density at radius 1 is 1.32 bits per heavy atom. The van der Waals surface area contributed by atoms with Crippen LogP contribution < -0.4 is 5.73 Å². The number of nitrogens with two attached hydrogens (primary N) is 1. The van der Waals surface area contributed by atoms with Crippen LogP contribution in [0.4, 0.5) is 0 Å². The molecule has 19 heavy (non-hydrogen) atoms. The summed E-state index contributed by atoms with van der Waals surface area (Å²) >= 11 is 0. The van der Waals surface area contributed by atoms with Crippen molar-refractivity contribution in [1.29, 1.82) is 0 Å². The largest absolute Gasteiger partial charge is 0.382 e. The second kappa shape index (κ2) is 6.04. The lowest BCUT2D eigenvalue weighted by molar-refractivity contribution is -0.0214. The zero-order valence-corrected chi connectivity index (χ0v) is 12.0. The van der Waals surface area contributed by atoms with Gasteiger partial charge in [-0.25, -0.2) is 0 Å². The fourth-order valence-electron chi connectivity index (χ4n) is 3.00. The summed E-state index contributed by atoms with van der Waals surface area (Å²) in [4.78, 5) is 2.38. The van der Waals surface area contributed by atoms with Gasteiger partial charge in [0.2, 0.25) is 0 Å². The number of nitrogens with zero attached hydrogens (tertiary/aromatic N) is 1. The summed E-state index contributed by atoms with van der Waals surface area (Å²) in [5.41, 5.74) is 5.84. The molecule has 3 atom stereocenters. The Labute approximate surface area is 116 Å². The van der Waals surface area contributed by atoms with Crippen molar-refractivity contribution in [3.8, 4) is 0 Å². The lowest BCUT2D eigenvalue weighted by Gasteiger charge is -2.42. The van der Waals surface area contributed by atoms with Crippen molar-refractivity contribution >= 4 is 0 Å². The van der Waals surface area contributed by atoms with Crippen LogP contribution in [0.3, 0.4) is 0 Å². The third kappa shape index (κ3) is 3.16. The first-order chi connectivity index (χ1) is 9.07. The molecule has 0 amide bonds. The average molecular weight is 262 g/mol. The van der Waals surface area contributed by atoms with Crippen molar-refractivity contribution in [3.63, 3.8) is 0 Å². The smallest absolute Gasteiger partial charge is 0.114 e. The van der Waals surface area contributed by atoms with Gasteiger partial charge < -0.3 is 10.8 Å². The van der Waals surface area contributed by atoms with Gasteiger partial charge in [-0.05, 0) is 37.8 Å². The first-order valence-corrected chi connectivity index (χ1v) is 7.29. The number of rotatable bonds is 4. The predicted octanol–water partition coefficient (Wildman–Crippen LogP) is 1.95. The Balaban J connectivity index is 2.14. The van der Waals surface area contributed by atoms with E-state index in [1.165, 1.54) is 12.8 Å². The lowest BCUT2D eigenvalue weighted by Crippen LogP contribution is -2.52. The molecule has 3 heteroatoms. The van der Waals surface area contributed by atoms with Gasteiger partial charge in [0, 0.05) is 19.1 Å². The Bertz CT molecular complexity index is 395. The van der Waals surface area contributed by atoms with Gasteiger partial charge in [0.25, 0.3) is 0 Å². The van der Waals surface area contributed by atoms with Crippen LogP contribution in [-0.4, -0.2) is 35.7 Å². The summed E-state index contributed by atoms with van der Waals surface area (Å²) in [7, 11) is 0. The van der Waals surface area contributed by atoms with E-state index in [1.807, 2.05) is 30.3 Å². The SMILES string of the molecule is CC1CCCN(CC(O)(CN)c2ccccc2)C1C. The van der Waals surface area contributed by atoms with E-state index in [0.29, 0.717) is 18.5 Å². The maximum atomic E-state index is 10.9. The van der Waals surface area contributed by atoms with Gasteiger partial charge in [0.05, 0.1) is 0 Å². The molecule has 3 N–H and O–H groups in total. The fourth-order valence-corrected chi connectivity index (χ4v) is 3.00. The molecule has 0 aromatic heterocycles. The van der Waals surface area contributed by atoms with Crippen molar-refractivity contribution in [2.45, 2.75) is 38.3 Å². The number of hydrogen-bond donors (Lipinski definition) is 2. The summed E-state index contributed by atoms with van der Waals surface area (Å²) in [5, 5.41) is 10.9. The molecule has 1 aromatic rings. The highest BCUT2D eigenvalue weighted by Gasteiger charge is 2.34. The Morgan fingerprint density at radius 3 is 2.63 bits per heavy atom. The van der Waals surface area contributed by atoms with Crippen molar-refractivity contribution in [2.24, 2.45) is 11.7 Å². The van der Waals surface area contributed by atoms with E-state index in [1.54, 1.807) is 0 Å². The molecule has 2 rings (SSSR count). The number of β-amino-alcohol motifs (C(OH)–C–C–N with tert-alkyl or cyclic N) is 1. The minimum absolute atomic E-state index is 0.259. The number of hydrogen-bond acceptors (Lipinski definition) is 3. The van der Waals surface area contributed by atoms with Crippen LogP contribution >= 0.6 is 0 Å². The molecule has 3 nitrogen and oxygen atoms in total. The van der Waals surface area contributed by atoms with E-state index in [-0.39, 0.29) is 6.54 Å². The molecule has 0 aliphatic carbocycles. The van der Waals surface area contributed by atoms with Crippen LogP contribution in [0, 0.1) is 5.92 Å². The minimum Gasteiger partial charge on any atom is -0.382 e. The van der Waals surface area contributed by atoms with Gasteiger partial charge in [-0.2, -0.15) is 0 Å². The molecule has 1 saturated heterocycles. The first-order valence-electron chi connectivity index (χ1n) is 7.29. The number of piperidine rings is 1. The molecule has 0 bridgehead atoms. The first kappa shape index (κ1) is 14.5. The molecule has 1 heterocycles. The Morgan fingerprint density at radius 2 is 2.00 bits per heavy atom. The zero-order chi connectivity index (χ0) is 13.9. The third-order valence-electron chi connectivity index (χ3n) is 4.62. The van der Waals surface area contributed by atoms with Crippen LogP contribution in [0.5, 0.6) is 0 Å². The standard InChI is InChI=1S/C16H26N2O/c1-13-7-6-10-18(14(13)2)12-16(19,11-17)15-8-4-3-5-9-15/h3-5,8-9,13-14,19H,6-7,10-12,17H2,1-2H3. The molecule has 1 aliphatic rings. The van der Waals surface area contributed by atoms with E-state index in [0.717, 1.165) is 12.1 Å². The Hall–Kier alpha value is -0.900. The van der Waals surface area contributed by atoms with E-state index in [2.05, 4.69) is 18.7 Å². The highest BCUT2D eigenvalue weighted by atomic mass is 16.3. The third-order valence-corrected chi connectivity index (χ3v) is 4.62. The van der Waals surface area contributed by atoms with Crippen LogP contribution in [0.25, 0.3) is 0 Å².